The summed E-state index contributed by atoms with van der Waals surface area (Å²) in [6, 6.07) is 0. The van der Waals surface area contributed by atoms with Crippen LogP contribution in [0, 0.1) is 17.8 Å². The highest BCUT2D eigenvalue weighted by atomic mass is 28.4. The van der Waals surface area contributed by atoms with Gasteiger partial charge in [0.1, 0.15) is 6.10 Å². The smallest absolute Gasteiger partial charge is 0.192 e. The molecule has 0 saturated heterocycles. The molecule has 0 fully saturated rings. The van der Waals surface area contributed by atoms with Crippen LogP contribution in [-0.2, 0) is 4.43 Å². The molecule has 0 aromatic rings. The van der Waals surface area contributed by atoms with E-state index in [-0.39, 0.29) is 17.1 Å². The van der Waals surface area contributed by atoms with E-state index in [4.69, 9.17) is 4.43 Å². The molecule has 1 aliphatic carbocycles. The normalized spacial score (nSPS) is 23.2. The maximum atomic E-state index is 9.95. The predicted molar refractivity (Wildman–Crippen MR) is 97.2 cm³/mol. The largest absolute Gasteiger partial charge is 0.412 e. The summed E-state index contributed by atoms with van der Waals surface area (Å²) >= 11 is 0. The third-order valence-corrected chi connectivity index (χ3v) is 9.37. The van der Waals surface area contributed by atoms with Crippen molar-refractivity contribution in [3.05, 3.63) is 12.2 Å². The third kappa shape index (κ3) is 5.91. The molecule has 1 N–H and O–H groups in total. The second kappa shape index (κ2) is 8.33. The van der Waals surface area contributed by atoms with Crippen LogP contribution in [0.1, 0.15) is 59.8 Å². The summed E-state index contributed by atoms with van der Waals surface area (Å²) in [7, 11) is -1.76. The standard InChI is InChI=1S/C19H34O2Si/c1-7-8-9-12-17(20)15-14-16-11-10-13-18(16)21-22(5,6)19(2,3)4/h10-11,16-18,20H,7-9,12-13H2,1-6H3/t16-,17?,18+/m0/s1. The Balaban J connectivity index is 2.59. The van der Waals surface area contributed by atoms with Crippen molar-refractivity contribution >= 4 is 8.32 Å². The lowest BCUT2D eigenvalue weighted by Crippen LogP contribution is -2.44. The summed E-state index contributed by atoms with van der Waals surface area (Å²) < 4.78 is 6.50. The first-order chi connectivity index (χ1) is 10.2. The molecule has 0 saturated carbocycles. The zero-order chi connectivity index (χ0) is 16.8. The van der Waals surface area contributed by atoms with Crippen molar-refractivity contribution in [2.75, 3.05) is 0 Å². The van der Waals surface area contributed by atoms with Crippen molar-refractivity contribution in [2.45, 2.75) is 90.1 Å². The molecule has 2 nitrogen and oxygen atoms in total. The lowest BCUT2D eigenvalue weighted by atomic mass is 10.1. The lowest BCUT2D eigenvalue weighted by Gasteiger charge is -2.39. The Morgan fingerprint density at radius 2 is 2.00 bits per heavy atom. The number of unbranched alkanes of at least 4 members (excludes halogenated alkanes) is 2. The average Bonchev–Trinajstić information content (AvgIpc) is 2.82. The molecule has 1 rings (SSSR count). The molecule has 0 amide bonds. The summed E-state index contributed by atoms with van der Waals surface area (Å²) in [6.07, 6.45) is 9.10. The van der Waals surface area contributed by atoms with E-state index in [1.54, 1.807) is 0 Å². The van der Waals surface area contributed by atoms with Crippen LogP contribution in [0.5, 0.6) is 0 Å². The van der Waals surface area contributed by atoms with Crippen LogP contribution in [0.3, 0.4) is 0 Å². The second-order valence-corrected chi connectivity index (χ2v) is 12.7. The van der Waals surface area contributed by atoms with E-state index < -0.39 is 14.4 Å². The zero-order valence-corrected chi connectivity index (χ0v) is 16.3. The van der Waals surface area contributed by atoms with Crippen LogP contribution in [-0.4, -0.2) is 25.6 Å². The quantitative estimate of drug-likeness (QED) is 0.326. The Morgan fingerprint density at radius 1 is 1.32 bits per heavy atom. The van der Waals surface area contributed by atoms with Crippen LogP contribution in [0.2, 0.25) is 18.1 Å². The molecule has 1 unspecified atom stereocenters. The predicted octanol–water partition coefficient (Wildman–Crippen LogP) is 4.90. The van der Waals surface area contributed by atoms with Gasteiger partial charge in [-0.1, -0.05) is 64.5 Å². The maximum absolute atomic E-state index is 9.95. The first kappa shape index (κ1) is 19.5. The summed E-state index contributed by atoms with van der Waals surface area (Å²) in [6.45, 7) is 13.5. The summed E-state index contributed by atoms with van der Waals surface area (Å²) in [5, 5.41) is 10.2. The van der Waals surface area contributed by atoms with E-state index in [1.165, 1.54) is 12.8 Å². The number of rotatable bonds is 6. The van der Waals surface area contributed by atoms with E-state index in [0.717, 1.165) is 19.3 Å². The highest BCUT2D eigenvalue weighted by Gasteiger charge is 2.40. The Morgan fingerprint density at radius 3 is 2.59 bits per heavy atom. The summed E-state index contributed by atoms with van der Waals surface area (Å²) in [5.41, 5.74) is 0. The van der Waals surface area contributed by atoms with Crippen molar-refractivity contribution in [3.8, 4) is 11.8 Å². The maximum Gasteiger partial charge on any atom is 0.192 e. The molecule has 3 heteroatoms. The first-order valence-corrected chi connectivity index (χ1v) is 11.6. The zero-order valence-electron chi connectivity index (χ0n) is 15.3. The number of hydrogen-bond donors (Lipinski definition) is 1. The van der Waals surface area contributed by atoms with Gasteiger partial charge in [0.15, 0.2) is 8.32 Å². The molecule has 0 bridgehead atoms. The average molecular weight is 323 g/mol. The van der Waals surface area contributed by atoms with Gasteiger partial charge in [-0.25, -0.2) is 0 Å². The molecule has 3 atom stereocenters. The Labute approximate surface area is 138 Å². The molecule has 0 heterocycles. The minimum Gasteiger partial charge on any atom is -0.412 e. The SMILES string of the molecule is CCCCCC(O)C#C[C@@H]1C=CC[C@H]1O[Si](C)(C)C(C)(C)C. The Hall–Kier alpha value is -0.563. The molecule has 1 aliphatic rings. The van der Waals surface area contributed by atoms with Gasteiger partial charge in [0.2, 0.25) is 0 Å². The van der Waals surface area contributed by atoms with E-state index in [2.05, 4.69) is 64.8 Å². The van der Waals surface area contributed by atoms with Crippen LogP contribution >= 0.6 is 0 Å². The molecule has 0 aromatic carbocycles. The monoisotopic (exact) mass is 322 g/mol. The second-order valence-electron chi connectivity index (χ2n) is 7.91. The highest BCUT2D eigenvalue weighted by molar-refractivity contribution is 6.74. The first-order valence-electron chi connectivity index (χ1n) is 8.71. The van der Waals surface area contributed by atoms with E-state index in [1.807, 2.05) is 0 Å². The molecule has 0 aliphatic heterocycles. The van der Waals surface area contributed by atoms with E-state index in [0.29, 0.717) is 0 Å². The van der Waals surface area contributed by atoms with Crippen LogP contribution in [0.25, 0.3) is 0 Å². The minimum absolute atomic E-state index is 0.134. The van der Waals surface area contributed by atoms with E-state index >= 15 is 0 Å². The number of hydrogen-bond acceptors (Lipinski definition) is 2. The Bertz CT molecular complexity index is 423. The number of aliphatic hydroxyl groups is 1. The van der Waals surface area contributed by atoms with Crippen molar-refractivity contribution in [1.82, 2.24) is 0 Å². The molecular weight excluding hydrogens is 288 g/mol. The number of aliphatic hydroxyl groups excluding tert-OH is 1. The van der Waals surface area contributed by atoms with Gasteiger partial charge in [-0.2, -0.15) is 0 Å². The molecule has 0 aromatic heterocycles. The Kier molecular flexibility index (Phi) is 7.38. The van der Waals surface area contributed by atoms with Crippen LogP contribution in [0.4, 0.5) is 0 Å². The minimum atomic E-state index is -1.76. The molecular formula is C19H34O2Si. The van der Waals surface area contributed by atoms with Gasteiger partial charge < -0.3 is 9.53 Å². The van der Waals surface area contributed by atoms with Gasteiger partial charge in [0.05, 0.1) is 12.0 Å². The fourth-order valence-electron chi connectivity index (χ4n) is 2.30. The summed E-state index contributed by atoms with van der Waals surface area (Å²) in [4.78, 5) is 0. The van der Waals surface area contributed by atoms with Gasteiger partial charge in [0.25, 0.3) is 0 Å². The van der Waals surface area contributed by atoms with Gasteiger partial charge in [-0.15, -0.1) is 0 Å². The molecule has 0 spiro atoms. The van der Waals surface area contributed by atoms with Crippen LogP contribution < -0.4 is 0 Å². The fraction of sp³-hybridized carbons (Fsp3) is 0.789. The molecule has 22 heavy (non-hydrogen) atoms. The topological polar surface area (TPSA) is 29.5 Å². The lowest BCUT2D eigenvalue weighted by molar-refractivity contribution is 0.170. The van der Waals surface area contributed by atoms with Crippen LogP contribution in [0.15, 0.2) is 12.2 Å². The summed E-state index contributed by atoms with van der Waals surface area (Å²) in [5.74, 6) is 6.40. The van der Waals surface area contributed by atoms with Gasteiger partial charge >= 0.3 is 0 Å². The fourth-order valence-corrected chi connectivity index (χ4v) is 3.65. The van der Waals surface area contributed by atoms with Crippen molar-refractivity contribution in [3.63, 3.8) is 0 Å². The van der Waals surface area contributed by atoms with Gasteiger partial charge in [-0.3, -0.25) is 0 Å². The third-order valence-electron chi connectivity index (χ3n) is 4.86. The van der Waals surface area contributed by atoms with Crippen molar-refractivity contribution in [2.24, 2.45) is 5.92 Å². The highest BCUT2D eigenvalue weighted by Crippen LogP contribution is 2.39. The van der Waals surface area contributed by atoms with E-state index in [9.17, 15) is 5.11 Å². The van der Waals surface area contributed by atoms with Crippen molar-refractivity contribution in [1.29, 1.82) is 0 Å². The molecule has 0 radical (unpaired) electrons. The van der Waals surface area contributed by atoms with Gasteiger partial charge in [-0.05, 0) is 37.4 Å². The van der Waals surface area contributed by atoms with Crippen molar-refractivity contribution < 1.29 is 9.53 Å². The molecule has 126 valence electrons. The van der Waals surface area contributed by atoms with Gasteiger partial charge in [0, 0.05) is 0 Å².